The van der Waals surface area contributed by atoms with E-state index in [9.17, 15) is 0 Å². The molecule has 0 saturated heterocycles. The second-order valence-corrected chi connectivity index (χ2v) is 5.66. The number of nitrogens with one attached hydrogen (secondary N) is 1. The maximum atomic E-state index is 7.27. The van der Waals surface area contributed by atoms with Gasteiger partial charge >= 0.3 is 35.3 Å². The third-order valence-corrected chi connectivity index (χ3v) is 1.61. The topological polar surface area (TPSA) is 86.8 Å². The van der Waals surface area contributed by atoms with E-state index in [1.807, 2.05) is 0 Å². The molecule has 0 aliphatic heterocycles. The molecule has 1 fully saturated rings. The van der Waals surface area contributed by atoms with Crippen LogP contribution in [0, 0.1) is 7.43 Å². The van der Waals surface area contributed by atoms with Crippen LogP contribution in [0.5, 0.6) is 0 Å². The Labute approximate surface area is 97.4 Å². The van der Waals surface area contributed by atoms with E-state index < -0.39 is 16.5 Å². The Kier molecular flexibility index (Phi) is 34.4. The van der Waals surface area contributed by atoms with E-state index in [1.165, 1.54) is 19.3 Å². The summed E-state index contributed by atoms with van der Waals surface area (Å²) in [7, 11) is 9.75. The summed E-state index contributed by atoms with van der Waals surface area (Å²) in [6, 6.07) is 0.286. The Balaban J connectivity index is -0.0000000615. The van der Waals surface area contributed by atoms with Crippen LogP contribution in [-0.2, 0) is 16.5 Å². The number of rotatable bonds is 0. The standard InChI is InChI=1S/C6H12N.CH3.2ClH.2H2O.Pt/c7-6-4-2-1-3-5-6;;;;;;/h6-7H,1-5H2;1H3;2*1H;2*1H2;/q2*-1;;;;;+4/p-2. The zero-order valence-electron chi connectivity index (χ0n) is 7.69. The third-order valence-electron chi connectivity index (χ3n) is 1.61. The summed E-state index contributed by atoms with van der Waals surface area (Å²) in [5.41, 5.74) is 7.27. The van der Waals surface area contributed by atoms with Crippen LogP contribution in [0.4, 0.5) is 0 Å². The maximum Gasteiger partial charge on any atom is -0.0534 e. The molecule has 6 heteroatoms. The van der Waals surface area contributed by atoms with E-state index in [4.69, 9.17) is 24.6 Å². The fraction of sp³-hybridized carbons (Fsp3) is 0.857. The first-order valence-electron chi connectivity index (χ1n) is 3.34. The molecular formula is C7H19Cl2NO2Pt. The van der Waals surface area contributed by atoms with Crippen molar-refractivity contribution in [1.82, 2.24) is 0 Å². The second kappa shape index (κ2) is 18.8. The molecule has 88 valence electrons. The van der Waals surface area contributed by atoms with E-state index in [0.717, 1.165) is 12.8 Å². The van der Waals surface area contributed by atoms with Gasteiger partial charge in [-0.3, -0.25) is 0 Å². The quantitative estimate of drug-likeness (QED) is 0.545. The Hall–Kier alpha value is 1.15. The van der Waals surface area contributed by atoms with Crippen LogP contribution in [-0.4, -0.2) is 17.0 Å². The van der Waals surface area contributed by atoms with Crippen molar-refractivity contribution in [1.29, 1.82) is 0 Å². The molecular weight excluding hydrogens is 396 g/mol. The van der Waals surface area contributed by atoms with E-state index in [1.54, 1.807) is 0 Å². The molecule has 13 heavy (non-hydrogen) atoms. The summed E-state index contributed by atoms with van der Waals surface area (Å²) in [5, 5.41) is 0. The van der Waals surface area contributed by atoms with E-state index in [-0.39, 0.29) is 24.4 Å². The molecule has 0 aromatic heterocycles. The van der Waals surface area contributed by atoms with Crippen LogP contribution in [0.1, 0.15) is 32.1 Å². The molecule has 1 aliphatic rings. The number of hydrogen-bond donors (Lipinski definition) is 0. The van der Waals surface area contributed by atoms with Gasteiger partial charge in [0.05, 0.1) is 0 Å². The molecule has 0 atom stereocenters. The van der Waals surface area contributed by atoms with Crippen molar-refractivity contribution in [3.8, 4) is 0 Å². The van der Waals surface area contributed by atoms with Crippen molar-refractivity contribution in [3.05, 3.63) is 13.2 Å². The van der Waals surface area contributed by atoms with E-state index >= 15 is 0 Å². The molecule has 0 radical (unpaired) electrons. The summed E-state index contributed by atoms with van der Waals surface area (Å²) in [6.07, 6.45) is 6.28. The summed E-state index contributed by atoms with van der Waals surface area (Å²) in [6.45, 7) is 0. The van der Waals surface area contributed by atoms with Crippen molar-refractivity contribution >= 4 is 18.8 Å². The molecule has 0 aromatic rings. The summed E-state index contributed by atoms with van der Waals surface area (Å²) < 4.78 is 0. The van der Waals surface area contributed by atoms with Gasteiger partial charge in [-0.15, -0.1) is 6.04 Å². The van der Waals surface area contributed by atoms with Gasteiger partial charge in [0, 0.05) is 0 Å². The van der Waals surface area contributed by atoms with Gasteiger partial charge in [-0.2, -0.15) is 0 Å². The largest absolute Gasteiger partial charge is 0.675 e. The van der Waals surface area contributed by atoms with Crippen LogP contribution in [0.2, 0.25) is 0 Å². The Morgan fingerprint density at radius 2 is 1.31 bits per heavy atom. The zero-order chi connectivity index (χ0) is 7.82. The van der Waals surface area contributed by atoms with Gasteiger partial charge in [-0.1, -0.05) is 32.1 Å². The monoisotopic (exact) mass is 414 g/mol. The molecule has 0 spiro atoms. The minimum Gasteiger partial charge on any atom is -0.675 e. The maximum absolute atomic E-state index is 7.27. The van der Waals surface area contributed by atoms with Gasteiger partial charge < -0.3 is 24.1 Å². The van der Waals surface area contributed by atoms with Crippen molar-refractivity contribution in [2.75, 3.05) is 0 Å². The van der Waals surface area contributed by atoms with E-state index in [0.29, 0.717) is 0 Å². The van der Waals surface area contributed by atoms with Crippen molar-refractivity contribution < 1.29 is 27.4 Å². The first-order chi connectivity index (χ1) is 4.81. The van der Waals surface area contributed by atoms with Gasteiger partial charge in [0.1, 0.15) is 0 Å². The molecule has 1 rings (SSSR count). The van der Waals surface area contributed by atoms with Crippen molar-refractivity contribution in [3.63, 3.8) is 0 Å². The van der Waals surface area contributed by atoms with Crippen LogP contribution in [0.15, 0.2) is 0 Å². The molecule has 0 heterocycles. The predicted octanol–water partition coefficient (Wildman–Crippen LogP) is 2.55. The molecule has 0 aromatic carbocycles. The second-order valence-electron chi connectivity index (χ2n) is 2.38. The van der Waals surface area contributed by atoms with Crippen LogP contribution >= 0.6 is 18.8 Å². The smallest absolute Gasteiger partial charge is 0.0534 e. The van der Waals surface area contributed by atoms with Crippen LogP contribution in [0.3, 0.4) is 0 Å². The SMILES string of the molecule is O.O.[CH3-].[Cl][Pt+2][Cl].[NH-]C1CCCCC1. The first kappa shape index (κ1) is 23.7. The molecule has 1 aliphatic carbocycles. The average molecular weight is 415 g/mol. The first-order valence-corrected chi connectivity index (χ1v) is 8.98. The predicted molar refractivity (Wildman–Crippen MR) is 56.5 cm³/mol. The van der Waals surface area contributed by atoms with Gasteiger partial charge in [0.15, 0.2) is 0 Å². The fourth-order valence-electron chi connectivity index (χ4n) is 1.10. The molecule has 0 bridgehead atoms. The van der Waals surface area contributed by atoms with Gasteiger partial charge in [-0.25, -0.2) is 0 Å². The van der Waals surface area contributed by atoms with E-state index in [2.05, 4.69) is 0 Å². The molecule has 0 amide bonds. The molecule has 1 saturated carbocycles. The van der Waals surface area contributed by atoms with Gasteiger partial charge in [-0.05, 0) is 0 Å². The summed E-state index contributed by atoms with van der Waals surface area (Å²) in [4.78, 5) is 0. The normalized spacial score (nSPS) is 15.3. The fourth-order valence-corrected chi connectivity index (χ4v) is 1.10. The minimum atomic E-state index is -0.472. The summed E-state index contributed by atoms with van der Waals surface area (Å²) in [5.74, 6) is 0. The molecule has 3 nitrogen and oxygen atoms in total. The Morgan fingerprint density at radius 3 is 1.46 bits per heavy atom. The summed E-state index contributed by atoms with van der Waals surface area (Å²) >= 11 is -0.472. The molecule has 5 N–H and O–H groups in total. The zero-order valence-corrected chi connectivity index (χ0v) is 11.5. The van der Waals surface area contributed by atoms with Crippen LogP contribution in [0.25, 0.3) is 5.73 Å². The average Bonchev–Trinajstić information content (AvgIpc) is 1.91. The van der Waals surface area contributed by atoms with Crippen molar-refractivity contribution in [2.24, 2.45) is 0 Å². The third kappa shape index (κ3) is 19.5. The number of hydrogen-bond acceptors (Lipinski definition) is 0. The Morgan fingerprint density at radius 1 is 1.00 bits per heavy atom. The van der Waals surface area contributed by atoms with Gasteiger partial charge in [0.2, 0.25) is 0 Å². The minimum absolute atomic E-state index is 0. The van der Waals surface area contributed by atoms with Crippen LogP contribution < -0.4 is 0 Å². The van der Waals surface area contributed by atoms with Gasteiger partial charge in [0.25, 0.3) is 0 Å². The Bertz CT molecular complexity index is 75.5. The number of halogens is 2. The van der Waals surface area contributed by atoms with Crippen molar-refractivity contribution in [2.45, 2.75) is 38.1 Å². The molecule has 0 unspecified atom stereocenters.